The second-order valence-electron chi connectivity index (χ2n) is 6.04. The number of hydrogen-bond acceptors (Lipinski definition) is 6. The third kappa shape index (κ3) is 3.52. The maximum atomic E-state index is 12.4. The first-order valence-electron chi connectivity index (χ1n) is 8.37. The van der Waals surface area contributed by atoms with Gasteiger partial charge in [0.1, 0.15) is 5.76 Å². The molecular weight excluding hydrogens is 338 g/mol. The molecule has 0 aromatic carbocycles. The molecule has 3 aromatic heterocycles. The normalized spacial score (nSPS) is 16.2. The zero-order chi connectivity index (χ0) is 17.1. The van der Waals surface area contributed by atoms with Gasteiger partial charge in [-0.2, -0.15) is 0 Å². The number of hydrogen-bond donors (Lipinski definition) is 1. The van der Waals surface area contributed by atoms with E-state index in [2.05, 4.69) is 15.4 Å². The van der Waals surface area contributed by atoms with Crippen molar-refractivity contribution in [2.24, 2.45) is 0 Å². The highest BCUT2D eigenvalue weighted by molar-refractivity contribution is 7.13. The lowest BCUT2D eigenvalue weighted by Gasteiger charge is -2.25. The molecule has 1 aliphatic heterocycles. The summed E-state index contributed by atoms with van der Waals surface area (Å²) in [5, 5.41) is 8.82. The molecule has 7 heteroatoms. The highest BCUT2D eigenvalue weighted by atomic mass is 32.1. The second kappa shape index (κ2) is 7.25. The Morgan fingerprint density at radius 1 is 1.32 bits per heavy atom. The van der Waals surface area contributed by atoms with Crippen LogP contribution in [0.5, 0.6) is 0 Å². The molecule has 1 N–H and O–H groups in total. The Morgan fingerprint density at radius 2 is 2.20 bits per heavy atom. The number of nitrogens with one attached hydrogen (secondary N) is 1. The van der Waals surface area contributed by atoms with Crippen molar-refractivity contribution in [3.05, 3.63) is 53.4 Å². The summed E-state index contributed by atoms with van der Waals surface area (Å²) in [7, 11) is 0. The van der Waals surface area contributed by atoms with Crippen LogP contribution >= 0.6 is 11.3 Å². The third-order valence-corrected chi connectivity index (χ3v) is 5.30. The molecule has 4 rings (SSSR count). The Morgan fingerprint density at radius 3 is 2.92 bits per heavy atom. The van der Waals surface area contributed by atoms with Crippen LogP contribution in [0, 0.1) is 0 Å². The molecule has 0 spiro atoms. The van der Waals surface area contributed by atoms with Crippen LogP contribution in [0.1, 0.15) is 35.1 Å². The molecule has 0 unspecified atom stereocenters. The van der Waals surface area contributed by atoms with Crippen LogP contribution in [0.2, 0.25) is 0 Å². The summed E-state index contributed by atoms with van der Waals surface area (Å²) in [5.41, 5.74) is 0.294. The number of rotatable bonds is 6. The minimum absolute atomic E-state index is 0.0464. The number of furan rings is 1. The van der Waals surface area contributed by atoms with Crippen LogP contribution < -0.4 is 5.32 Å². The zero-order valence-corrected chi connectivity index (χ0v) is 14.5. The number of thiophene rings is 1. The minimum Gasteiger partial charge on any atom is -0.468 e. The van der Waals surface area contributed by atoms with Crippen LogP contribution in [0.15, 0.2) is 50.9 Å². The van der Waals surface area contributed by atoms with E-state index in [1.165, 1.54) is 12.8 Å². The maximum Gasteiger partial charge on any atom is 0.273 e. The second-order valence-corrected chi connectivity index (χ2v) is 6.99. The van der Waals surface area contributed by atoms with Gasteiger partial charge >= 0.3 is 0 Å². The van der Waals surface area contributed by atoms with Crippen LogP contribution in [-0.4, -0.2) is 35.6 Å². The average Bonchev–Trinajstić information content (AvgIpc) is 3.43. The molecule has 0 saturated carbocycles. The van der Waals surface area contributed by atoms with Gasteiger partial charge in [0, 0.05) is 12.6 Å². The molecule has 6 nitrogen and oxygen atoms in total. The lowest BCUT2D eigenvalue weighted by atomic mass is 10.2. The van der Waals surface area contributed by atoms with Crippen molar-refractivity contribution in [2.45, 2.75) is 18.9 Å². The standard InChI is InChI=1S/C18H19N3O3S/c22-18(13-11-16(24-20-13)17-6-4-10-25-17)19-12-14(15-5-3-9-23-15)21-7-1-2-8-21/h3-6,9-11,14H,1-2,7-8,12H2,(H,19,22)/t14-/m0/s1. The summed E-state index contributed by atoms with van der Waals surface area (Å²) in [5.74, 6) is 1.26. The highest BCUT2D eigenvalue weighted by Gasteiger charge is 2.26. The Hall–Kier alpha value is -2.38. The molecule has 1 atom stereocenters. The van der Waals surface area contributed by atoms with E-state index in [9.17, 15) is 4.79 Å². The maximum absolute atomic E-state index is 12.4. The molecule has 130 valence electrons. The van der Waals surface area contributed by atoms with Crippen molar-refractivity contribution < 1.29 is 13.7 Å². The number of nitrogens with zero attached hydrogens (tertiary/aromatic N) is 2. The van der Waals surface area contributed by atoms with Crippen LogP contribution in [0.3, 0.4) is 0 Å². The first-order chi connectivity index (χ1) is 12.3. The molecule has 4 heterocycles. The lowest BCUT2D eigenvalue weighted by Crippen LogP contribution is -2.36. The van der Waals surface area contributed by atoms with Crippen molar-refractivity contribution in [3.63, 3.8) is 0 Å². The van der Waals surface area contributed by atoms with Crippen molar-refractivity contribution in [1.82, 2.24) is 15.4 Å². The van der Waals surface area contributed by atoms with E-state index < -0.39 is 0 Å². The molecule has 1 saturated heterocycles. The monoisotopic (exact) mass is 357 g/mol. The SMILES string of the molecule is O=C(NC[C@@H](c1ccco1)N1CCCC1)c1cc(-c2cccs2)on1. The van der Waals surface area contributed by atoms with Gasteiger partial charge in [0.15, 0.2) is 11.5 Å². The number of aromatic nitrogens is 1. The summed E-state index contributed by atoms with van der Waals surface area (Å²) in [4.78, 5) is 15.7. The fourth-order valence-electron chi connectivity index (χ4n) is 3.14. The van der Waals surface area contributed by atoms with Gasteiger partial charge in [0.25, 0.3) is 5.91 Å². The number of carbonyl (C=O) groups excluding carboxylic acids is 1. The number of carbonyl (C=O) groups is 1. The van der Waals surface area contributed by atoms with Crippen molar-refractivity contribution >= 4 is 17.2 Å². The fraction of sp³-hybridized carbons (Fsp3) is 0.333. The van der Waals surface area contributed by atoms with E-state index in [1.54, 1.807) is 23.7 Å². The van der Waals surface area contributed by atoms with Gasteiger partial charge in [-0.05, 0) is 49.5 Å². The van der Waals surface area contributed by atoms with E-state index in [-0.39, 0.29) is 11.9 Å². The zero-order valence-electron chi connectivity index (χ0n) is 13.7. The van der Waals surface area contributed by atoms with Gasteiger partial charge in [-0.15, -0.1) is 11.3 Å². The van der Waals surface area contributed by atoms with E-state index in [0.717, 1.165) is 23.7 Å². The average molecular weight is 357 g/mol. The number of amides is 1. The van der Waals surface area contributed by atoms with Crippen LogP contribution in [0.4, 0.5) is 0 Å². The molecule has 1 amide bonds. The van der Waals surface area contributed by atoms with Gasteiger partial charge in [0.05, 0.1) is 17.2 Å². The highest BCUT2D eigenvalue weighted by Crippen LogP contribution is 2.26. The largest absolute Gasteiger partial charge is 0.468 e. The number of likely N-dealkylation sites (tertiary alicyclic amines) is 1. The van der Waals surface area contributed by atoms with E-state index in [4.69, 9.17) is 8.94 Å². The fourth-order valence-corrected chi connectivity index (χ4v) is 3.81. The molecule has 3 aromatic rings. The van der Waals surface area contributed by atoms with E-state index >= 15 is 0 Å². The Bertz CT molecular complexity index is 805. The van der Waals surface area contributed by atoms with E-state index in [1.807, 2.05) is 29.6 Å². The van der Waals surface area contributed by atoms with Gasteiger partial charge in [-0.3, -0.25) is 9.69 Å². The first-order valence-corrected chi connectivity index (χ1v) is 9.25. The smallest absolute Gasteiger partial charge is 0.273 e. The molecule has 0 radical (unpaired) electrons. The predicted molar refractivity (Wildman–Crippen MR) is 94.4 cm³/mol. The molecule has 1 fully saturated rings. The van der Waals surface area contributed by atoms with Gasteiger partial charge in [-0.25, -0.2) is 0 Å². The topological polar surface area (TPSA) is 71.5 Å². The van der Waals surface area contributed by atoms with Crippen molar-refractivity contribution in [3.8, 4) is 10.6 Å². The summed E-state index contributed by atoms with van der Waals surface area (Å²) in [6.45, 7) is 2.52. The molecular formula is C18H19N3O3S. The van der Waals surface area contributed by atoms with Crippen molar-refractivity contribution in [2.75, 3.05) is 19.6 Å². The molecule has 0 bridgehead atoms. The molecule has 25 heavy (non-hydrogen) atoms. The predicted octanol–water partition coefficient (Wildman–Crippen LogP) is 3.56. The summed E-state index contributed by atoms with van der Waals surface area (Å²) < 4.78 is 10.9. The van der Waals surface area contributed by atoms with Crippen LogP contribution in [0.25, 0.3) is 10.6 Å². The third-order valence-electron chi connectivity index (χ3n) is 4.42. The summed E-state index contributed by atoms with van der Waals surface area (Å²) >= 11 is 1.55. The van der Waals surface area contributed by atoms with Gasteiger partial charge < -0.3 is 14.3 Å². The van der Waals surface area contributed by atoms with Gasteiger partial charge in [0.2, 0.25) is 0 Å². The van der Waals surface area contributed by atoms with Crippen LogP contribution in [-0.2, 0) is 0 Å². The van der Waals surface area contributed by atoms with Gasteiger partial charge in [-0.1, -0.05) is 11.2 Å². The summed E-state index contributed by atoms with van der Waals surface area (Å²) in [6, 6.07) is 9.44. The Kier molecular flexibility index (Phi) is 4.67. The molecule has 1 aliphatic rings. The first kappa shape index (κ1) is 16.1. The lowest BCUT2D eigenvalue weighted by molar-refractivity contribution is 0.0925. The Balaban J connectivity index is 1.43. The minimum atomic E-state index is -0.234. The summed E-state index contributed by atoms with van der Waals surface area (Å²) in [6.07, 6.45) is 4.03. The quantitative estimate of drug-likeness (QED) is 0.730. The molecule has 0 aliphatic carbocycles. The Labute approximate surface area is 149 Å². The van der Waals surface area contributed by atoms with E-state index in [0.29, 0.717) is 18.0 Å². The van der Waals surface area contributed by atoms with Crippen molar-refractivity contribution in [1.29, 1.82) is 0 Å².